The van der Waals surface area contributed by atoms with Crippen molar-refractivity contribution in [3.63, 3.8) is 0 Å². The molecule has 6 rings (SSSR count). The summed E-state index contributed by atoms with van der Waals surface area (Å²) in [6.07, 6.45) is 0. The van der Waals surface area contributed by atoms with Gasteiger partial charge in [-0.25, -0.2) is 0 Å². The van der Waals surface area contributed by atoms with Gasteiger partial charge in [0.05, 0.1) is 0 Å². The van der Waals surface area contributed by atoms with Crippen LogP contribution in [0.15, 0.2) is 121 Å². The zero-order valence-electron chi connectivity index (χ0n) is 22.4. The molecule has 0 N–H and O–H groups in total. The Morgan fingerprint density at radius 2 is 0.842 bits per heavy atom. The van der Waals surface area contributed by atoms with E-state index >= 15 is 0 Å². The van der Waals surface area contributed by atoms with E-state index < -0.39 is 0 Å². The molecule has 4 heteroatoms. The third kappa shape index (κ3) is 8.03. The summed E-state index contributed by atoms with van der Waals surface area (Å²) >= 11 is 1.36. The molecule has 0 spiro atoms. The van der Waals surface area contributed by atoms with Crippen LogP contribution in [0.25, 0.3) is 43.8 Å². The first kappa shape index (κ1) is 35.1. The fourth-order valence-electron chi connectivity index (χ4n) is 4.51. The van der Waals surface area contributed by atoms with Crippen molar-refractivity contribution in [2.24, 2.45) is 0 Å². The second-order valence-corrected chi connectivity index (χ2v) is 8.41. The van der Waals surface area contributed by atoms with Gasteiger partial charge in [-0.3, -0.25) is 9.41 Å². The quantitative estimate of drug-likeness (QED) is 0.137. The van der Waals surface area contributed by atoms with Gasteiger partial charge in [-0.2, -0.15) is 12.1 Å². The minimum absolute atomic E-state index is 0. The molecule has 0 saturated carbocycles. The maximum absolute atomic E-state index is 3.06. The standard InChI is InChI=1S/2C16H13.2CH3.2FH.Si.Zr/c2*1-12-10-14-8-5-9-15(16(14)11-12)13-6-3-2-4-7-13;;;;;;/h2*2-11H,1H3;2*1H3;2*1H;;/q4*-1;;;;. The Kier molecular flexibility index (Phi) is 15.5. The summed E-state index contributed by atoms with van der Waals surface area (Å²) in [6.45, 7) is 7.36. The Morgan fingerprint density at radius 3 is 1.18 bits per heavy atom. The third-order valence-corrected chi connectivity index (χ3v) is 5.96. The van der Waals surface area contributed by atoms with E-state index in [1.54, 1.807) is 0 Å². The van der Waals surface area contributed by atoms with Crippen LogP contribution in [0.5, 0.6) is 0 Å². The van der Waals surface area contributed by atoms with Gasteiger partial charge in [-0.15, -0.1) is 69.1 Å². The number of halogens is 2. The third-order valence-electron chi connectivity index (χ3n) is 5.96. The number of aryl methyl sites for hydroxylation is 2. The molecule has 196 valence electrons. The zero-order valence-corrected chi connectivity index (χ0v) is 25.8. The van der Waals surface area contributed by atoms with Gasteiger partial charge in [-0.1, -0.05) is 97.8 Å². The van der Waals surface area contributed by atoms with Gasteiger partial charge in [0.15, 0.2) is 0 Å². The van der Waals surface area contributed by atoms with Crippen LogP contribution in [-0.4, -0.2) is 6.88 Å². The minimum atomic E-state index is 0. The molecule has 0 amide bonds. The second-order valence-electron chi connectivity index (χ2n) is 8.41. The van der Waals surface area contributed by atoms with Crippen LogP contribution in [-0.2, 0) is 23.3 Å². The number of rotatable bonds is 2. The van der Waals surface area contributed by atoms with E-state index in [-0.39, 0.29) is 24.3 Å². The molecule has 0 aromatic heterocycles. The van der Waals surface area contributed by atoms with Crippen LogP contribution >= 0.6 is 0 Å². The van der Waals surface area contributed by atoms with Crippen LogP contribution in [0.3, 0.4) is 0 Å². The fraction of sp³-hybridized carbons (Fsp3) is 0.0588. The normalized spacial score (nSPS) is 9.18. The van der Waals surface area contributed by atoms with E-state index in [1.807, 2.05) is 0 Å². The van der Waals surface area contributed by atoms with E-state index in [0.717, 1.165) is 0 Å². The molecule has 0 heterocycles. The Hall–Kier alpha value is -2.94. The molecule has 6 aromatic rings. The first-order valence-electron chi connectivity index (χ1n) is 11.4. The predicted octanol–water partition coefficient (Wildman–Crippen LogP) is 9.89. The van der Waals surface area contributed by atoms with Crippen LogP contribution < -0.4 is 0 Å². The SMILES string of the molecule is Cc1cc2c(-c3ccccc3)cccc2[cH-]1.Cc1cc2c(-c3ccccc3)cccc2[cH-]1.F.F.[CH3-].[CH3-].[Si]=[Zr]. The summed E-state index contributed by atoms with van der Waals surface area (Å²) in [7, 11) is 0. The van der Waals surface area contributed by atoms with Gasteiger partial charge in [-0.05, 0) is 11.1 Å². The number of hydrogen-bond acceptors (Lipinski definition) is 0. The summed E-state index contributed by atoms with van der Waals surface area (Å²) in [4.78, 5) is 0. The first-order chi connectivity index (χ1) is 16.7. The van der Waals surface area contributed by atoms with Crippen molar-refractivity contribution in [3.05, 3.63) is 147 Å². The van der Waals surface area contributed by atoms with E-state index in [4.69, 9.17) is 0 Å². The van der Waals surface area contributed by atoms with Crippen molar-refractivity contribution in [1.29, 1.82) is 0 Å². The molecule has 6 aromatic carbocycles. The van der Waals surface area contributed by atoms with Crippen LogP contribution in [0.1, 0.15) is 11.1 Å². The molecule has 0 aliphatic carbocycles. The van der Waals surface area contributed by atoms with Gasteiger partial charge >= 0.3 is 30.2 Å². The van der Waals surface area contributed by atoms with Crippen molar-refractivity contribution in [3.8, 4) is 22.3 Å². The summed E-state index contributed by atoms with van der Waals surface area (Å²) in [5, 5.41) is 5.37. The summed E-state index contributed by atoms with van der Waals surface area (Å²) < 4.78 is 0. The molecule has 0 unspecified atom stereocenters. The molecule has 38 heavy (non-hydrogen) atoms. The Balaban J connectivity index is 0.000000616. The van der Waals surface area contributed by atoms with Gasteiger partial charge < -0.3 is 14.9 Å². The Morgan fingerprint density at radius 1 is 0.500 bits per heavy atom. The van der Waals surface area contributed by atoms with Crippen molar-refractivity contribution in [2.75, 3.05) is 0 Å². The van der Waals surface area contributed by atoms with Crippen molar-refractivity contribution >= 4 is 28.4 Å². The molecular weight excluding hydrogens is 566 g/mol. The predicted molar refractivity (Wildman–Crippen MR) is 163 cm³/mol. The number of benzene rings is 4. The Labute approximate surface area is 243 Å². The molecule has 0 nitrogen and oxygen atoms in total. The van der Waals surface area contributed by atoms with E-state index in [2.05, 4.69) is 142 Å². The molecule has 0 bridgehead atoms. The summed E-state index contributed by atoms with van der Waals surface area (Å²) in [5.74, 6) is 0. The Bertz CT molecular complexity index is 1390. The van der Waals surface area contributed by atoms with Crippen molar-refractivity contribution in [2.45, 2.75) is 13.8 Å². The summed E-state index contributed by atoms with van der Waals surface area (Å²) in [6, 6.07) is 43.1. The molecule has 0 aliphatic rings. The zero-order chi connectivity index (χ0) is 23.9. The maximum atomic E-state index is 3.06. The number of hydrogen-bond donors (Lipinski definition) is 0. The van der Waals surface area contributed by atoms with Crippen LogP contribution in [0.2, 0.25) is 0 Å². The topological polar surface area (TPSA) is 0 Å². The monoisotopic (exact) mass is 598 g/mol. The fourth-order valence-corrected chi connectivity index (χ4v) is 4.51. The second kappa shape index (κ2) is 16.8. The molecule has 0 aliphatic heterocycles. The summed E-state index contributed by atoms with van der Waals surface area (Å²) in [5.41, 5.74) is 7.89. The molecule has 2 radical (unpaired) electrons. The first-order valence-corrected chi connectivity index (χ1v) is 15.6. The van der Waals surface area contributed by atoms with E-state index in [9.17, 15) is 0 Å². The van der Waals surface area contributed by atoms with Crippen molar-refractivity contribution in [1.82, 2.24) is 0 Å². The van der Waals surface area contributed by atoms with Crippen LogP contribution in [0.4, 0.5) is 9.41 Å². The average molecular weight is 600 g/mol. The van der Waals surface area contributed by atoms with Gasteiger partial charge in [0.1, 0.15) is 0 Å². The van der Waals surface area contributed by atoms with E-state index in [1.165, 1.54) is 78.3 Å². The molecule has 0 saturated heterocycles. The number of fused-ring (bicyclic) bond motifs is 2. The van der Waals surface area contributed by atoms with Crippen molar-refractivity contribution < 1.29 is 32.7 Å². The van der Waals surface area contributed by atoms with Gasteiger partial charge in [0.2, 0.25) is 0 Å². The van der Waals surface area contributed by atoms with E-state index in [0.29, 0.717) is 0 Å². The van der Waals surface area contributed by atoms with Gasteiger partial charge in [0, 0.05) is 0 Å². The molecular formula is C34H34F2SiZr-4. The molecule has 0 fully saturated rings. The van der Waals surface area contributed by atoms with Crippen LogP contribution in [0, 0.1) is 28.7 Å². The molecule has 0 atom stereocenters. The average Bonchev–Trinajstić information content (AvgIpc) is 3.47. The van der Waals surface area contributed by atoms with Gasteiger partial charge in [0.25, 0.3) is 0 Å².